The van der Waals surface area contributed by atoms with Crippen LogP contribution in [-0.4, -0.2) is 0 Å². The highest BCUT2D eigenvalue weighted by Gasteiger charge is 2.45. The van der Waals surface area contributed by atoms with Gasteiger partial charge < -0.3 is 0 Å². The Morgan fingerprint density at radius 3 is 1.35 bits per heavy atom. The second-order valence-electron chi connectivity index (χ2n) is 6.63. The van der Waals surface area contributed by atoms with Gasteiger partial charge in [-0.1, -0.05) is 71.7 Å². The molecule has 1 aliphatic carbocycles. The molecule has 104 valence electrons. The second kappa shape index (κ2) is 4.45. The number of hydrogen-bond acceptors (Lipinski definition) is 0. The lowest BCUT2D eigenvalue weighted by molar-refractivity contribution is 0.299. The van der Waals surface area contributed by atoms with E-state index >= 15 is 0 Å². The zero-order chi connectivity index (χ0) is 14.7. The molecular formula is C18H18Br2. The minimum absolute atomic E-state index is 0.0832. The fourth-order valence-electron chi connectivity index (χ4n) is 3.21. The minimum atomic E-state index is 0.0832. The van der Waals surface area contributed by atoms with Crippen LogP contribution in [0.25, 0.3) is 11.1 Å². The van der Waals surface area contributed by atoms with Crippen molar-refractivity contribution in [2.75, 3.05) is 0 Å². The maximum atomic E-state index is 3.62. The van der Waals surface area contributed by atoms with Gasteiger partial charge in [0.1, 0.15) is 0 Å². The van der Waals surface area contributed by atoms with Crippen LogP contribution in [0.15, 0.2) is 45.3 Å². The van der Waals surface area contributed by atoms with E-state index in [2.05, 4.69) is 96.0 Å². The van der Waals surface area contributed by atoms with Crippen LogP contribution < -0.4 is 0 Å². The fraction of sp³-hybridized carbons (Fsp3) is 0.333. The Hall–Kier alpha value is -0.600. The van der Waals surface area contributed by atoms with Gasteiger partial charge in [0.2, 0.25) is 0 Å². The predicted octanol–water partition coefficient (Wildman–Crippen LogP) is 6.45. The Balaban J connectivity index is 2.43. The van der Waals surface area contributed by atoms with Crippen LogP contribution in [0.1, 0.15) is 38.8 Å². The first-order chi connectivity index (χ1) is 9.25. The third kappa shape index (κ3) is 1.84. The van der Waals surface area contributed by atoms with E-state index in [0.29, 0.717) is 0 Å². The lowest BCUT2D eigenvalue weighted by atomic mass is 9.55. The monoisotopic (exact) mass is 392 g/mol. The van der Waals surface area contributed by atoms with E-state index < -0.39 is 0 Å². The van der Waals surface area contributed by atoms with E-state index in [0.717, 1.165) is 8.95 Å². The zero-order valence-corrected chi connectivity index (χ0v) is 15.4. The van der Waals surface area contributed by atoms with Gasteiger partial charge in [0.15, 0.2) is 0 Å². The first kappa shape index (κ1) is 14.3. The maximum absolute atomic E-state index is 3.62. The highest BCUT2D eigenvalue weighted by atomic mass is 79.9. The molecule has 20 heavy (non-hydrogen) atoms. The van der Waals surface area contributed by atoms with Crippen molar-refractivity contribution in [3.8, 4) is 11.1 Å². The summed E-state index contributed by atoms with van der Waals surface area (Å²) in [6, 6.07) is 13.3. The van der Waals surface area contributed by atoms with E-state index in [-0.39, 0.29) is 10.8 Å². The standard InChI is InChI=1S/C18H18Br2/c1-17(2)15-9-11(19)5-7-13(15)14-8-6-12(20)10-16(14)18(17,3)4/h5-10H,1-4H3. The molecule has 2 heteroatoms. The van der Waals surface area contributed by atoms with Crippen molar-refractivity contribution in [1.82, 2.24) is 0 Å². The molecule has 2 aromatic rings. The summed E-state index contributed by atoms with van der Waals surface area (Å²) in [5, 5.41) is 0. The number of rotatable bonds is 0. The van der Waals surface area contributed by atoms with Crippen LogP contribution in [-0.2, 0) is 10.8 Å². The molecule has 2 aromatic carbocycles. The molecule has 0 spiro atoms. The van der Waals surface area contributed by atoms with Crippen molar-refractivity contribution in [2.24, 2.45) is 0 Å². The third-order valence-electron chi connectivity index (χ3n) is 5.16. The predicted molar refractivity (Wildman–Crippen MR) is 93.3 cm³/mol. The van der Waals surface area contributed by atoms with E-state index in [9.17, 15) is 0 Å². The molecule has 0 saturated heterocycles. The molecular weight excluding hydrogens is 376 g/mol. The smallest absolute Gasteiger partial charge is 0.0178 e. The summed E-state index contributed by atoms with van der Waals surface area (Å²) in [4.78, 5) is 0. The van der Waals surface area contributed by atoms with E-state index in [1.54, 1.807) is 0 Å². The van der Waals surface area contributed by atoms with Gasteiger partial charge in [0.05, 0.1) is 0 Å². The molecule has 0 saturated carbocycles. The second-order valence-corrected chi connectivity index (χ2v) is 8.46. The van der Waals surface area contributed by atoms with Crippen LogP contribution in [0, 0.1) is 0 Å². The first-order valence-electron chi connectivity index (χ1n) is 6.85. The molecule has 1 aliphatic rings. The van der Waals surface area contributed by atoms with Gasteiger partial charge in [0.25, 0.3) is 0 Å². The van der Waals surface area contributed by atoms with Crippen molar-refractivity contribution >= 4 is 31.9 Å². The van der Waals surface area contributed by atoms with E-state index in [1.165, 1.54) is 22.3 Å². The molecule has 0 fully saturated rings. The largest absolute Gasteiger partial charge is 0.0549 e. The number of benzene rings is 2. The van der Waals surface area contributed by atoms with Gasteiger partial charge in [-0.2, -0.15) is 0 Å². The summed E-state index contributed by atoms with van der Waals surface area (Å²) < 4.78 is 2.31. The van der Waals surface area contributed by atoms with Crippen molar-refractivity contribution < 1.29 is 0 Å². The summed E-state index contributed by atoms with van der Waals surface area (Å²) >= 11 is 7.25. The number of hydrogen-bond donors (Lipinski definition) is 0. The van der Waals surface area contributed by atoms with Crippen LogP contribution in [0.2, 0.25) is 0 Å². The molecule has 0 bridgehead atoms. The summed E-state index contributed by atoms with van der Waals surface area (Å²) in [6.45, 7) is 9.40. The SMILES string of the molecule is CC1(C)c2cc(Br)ccc2-c2ccc(Br)cc2C1(C)C. The Kier molecular flexibility index (Phi) is 3.19. The third-order valence-corrected chi connectivity index (χ3v) is 6.15. The van der Waals surface area contributed by atoms with Crippen LogP contribution in [0.3, 0.4) is 0 Å². The summed E-state index contributed by atoms with van der Waals surface area (Å²) in [7, 11) is 0. The van der Waals surface area contributed by atoms with Gasteiger partial charge in [-0.25, -0.2) is 0 Å². The van der Waals surface area contributed by atoms with Crippen LogP contribution in [0.5, 0.6) is 0 Å². The maximum Gasteiger partial charge on any atom is 0.0178 e. The highest BCUT2D eigenvalue weighted by Crippen LogP contribution is 2.54. The molecule has 0 aliphatic heterocycles. The van der Waals surface area contributed by atoms with Gasteiger partial charge in [-0.05, 0) is 57.3 Å². The van der Waals surface area contributed by atoms with Crippen molar-refractivity contribution in [3.63, 3.8) is 0 Å². The summed E-state index contributed by atoms with van der Waals surface area (Å²) in [6.07, 6.45) is 0. The zero-order valence-electron chi connectivity index (χ0n) is 12.2. The number of fused-ring (bicyclic) bond motifs is 3. The molecule has 0 amide bonds. The van der Waals surface area contributed by atoms with Gasteiger partial charge in [-0.3, -0.25) is 0 Å². The summed E-state index contributed by atoms with van der Waals surface area (Å²) in [5.74, 6) is 0. The van der Waals surface area contributed by atoms with Crippen molar-refractivity contribution in [3.05, 3.63) is 56.5 Å². The Morgan fingerprint density at radius 2 is 1.00 bits per heavy atom. The molecule has 0 atom stereocenters. The van der Waals surface area contributed by atoms with E-state index in [1.807, 2.05) is 0 Å². The topological polar surface area (TPSA) is 0 Å². The Labute approximate surface area is 137 Å². The van der Waals surface area contributed by atoms with Crippen molar-refractivity contribution in [2.45, 2.75) is 38.5 Å². The van der Waals surface area contributed by atoms with Gasteiger partial charge in [-0.15, -0.1) is 0 Å². The average Bonchev–Trinajstić information content (AvgIpc) is 2.37. The van der Waals surface area contributed by atoms with Crippen LogP contribution in [0.4, 0.5) is 0 Å². The van der Waals surface area contributed by atoms with Gasteiger partial charge in [0, 0.05) is 8.95 Å². The lowest BCUT2D eigenvalue weighted by Gasteiger charge is -2.48. The quantitative estimate of drug-likeness (QED) is 0.482. The summed E-state index contributed by atoms with van der Waals surface area (Å²) in [5.41, 5.74) is 5.73. The fourth-order valence-corrected chi connectivity index (χ4v) is 3.93. The minimum Gasteiger partial charge on any atom is -0.0549 e. The Morgan fingerprint density at radius 1 is 0.650 bits per heavy atom. The highest BCUT2D eigenvalue weighted by molar-refractivity contribution is 9.10. The number of halogens is 2. The molecule has 3 rings (SSSR count). The Bertz CT molecular complexity index is 635. The molecule has 0 N–H and O–H groups in total. The average molecular weight is 394 g/mol. The molecule has 0 nitrogen and oxygen atoms in total. The molecule has 0 heterocycles. The van der Waals surface area contributed by atoms with Crippen LogP contribution >= 0.6 is 31.9 Å². The molecule has 0 aromatic heterocycles. The van der Waals surface area contributed by atoms with E-state index in [4.69, 9.17) is 0 Å². The first-order valence-corrected chi connectivity index (χ1v) is 8.44. The molecule has 0 unspecified atom stereocenters. The molecule has 0 radical (unpaired) electrons. The van der Waals surface area contributed by atoms with Crippen molar-refractivity contribution in [1.29, 1.82) is 0 Å². The lowest BCUT2D eigenvalue weighted by Crippen LogP contribution is -2.43. The normalized spacial score (nSPS) is 18.3. The van der Waals surface area contributed by atoms with Gasteiger partial charge >= 0.3 is 0 Å².